The zero-order valence-electron chi connectivity index (χ0n) is 7.34. The molecule has 0 fully saturated rings. The topological polar surface area (TPSA) is 73.0 Å². The Morgan fingerprint density at radius 2 is 2.00 bits per heavy atom. The van der Waals surface area contributed by atoms with Crippen LogP contribution in [0.25, 0.3) is 0 Å². The lowest BCUT2D eigenvalue weighted by Gasteiger charge is -2.09. The van der Waals surface area contributed by atoms with Crippen molar-refractivity contribution in [3.63, 3.8) is 0 Å². The van der Waals surface area contributed by atoms with Crippen molar-refractivity contribution in [3.05, 3.63) is 30.1 Å². The Bertz CT molecular complexity index is 361. The van der Waals surface area contributed by atoms with Gasteiger partial charge in [-0.15, -0.1) is 0 Å². The van der Waals surface area contributed by atoms with Crippen LogP contribution in [0.15, 0.2) is 24.5 Å². The molecule has 0 saturated carbocycles. The maximum absolute atomic E-state index is 10.9. The number of sulfone groups is 1. The molecule has 0 radical (unpaired) electrons. The van der Waals surface area contributed by atoms with E-state index in [0.717, 1.165) is 5.56 Å². The molecule has 0 amide bonds. The largest absolute Gasteiger partial charge is 0.323 e. The van der Waals surface area contributed by atoms with Gasteiger partial charge in [-0.1, -0.05) is 0 Å². The van der Waals surface area contributed by atoms with E-state index in [1.54, 1.807) is 24.5 Å². The summed E-state index contributed by atoms with van der Waals surface area (Å²) >= 11 is 0. The van der Waals surface area contributed by atoms with Crippen LogP contribution < -0.4 is 5.73 Å². The van der Waals surface area contributed by atoms with E-state index in [1.807, 2.05) is 0 Å². The van der Waals surface area contributed by atoms with Crippen molar-refractivity contribution in [2.24, 2.45) is 5.73 Å². The van der Waals surface area contributed by atoms with Gasteiger partial charge in [-0.2, -0.15) is 0 Å². The number of pyridine rings is 1. The van der Waals surface area contributed by atoms with E-state index in [2.05, 4.69) is 4.98 Å². The lowest BCUT2D eigenvalue weighted by molar-refractivity contribution is 0.594. The molecular formula is C8H12N2O2S. The summed E-state index contributed by atoms with van der Waals surface area (Å²) in [5, 5.41) is 0. The van der Waals surface area contributed by atoms with Crippen LogP contribution >= 0.6 is 0 Å². The molecule has 1 aromatic rings. The van der Waals surface area contributed by atoms with Crippen LogP contribution in [0.1, 0.15) is 11.6 Å². The Balaban J connectivity index is 2.76. The quantitative estimate of drug-likeness (QED) is 0.752. The van der Waals surface area contributed by atoms with E-state index in [9.17, 15) is 8.42 Å². The van der Waals surface area contributed by atoms with Gasteiger partial charge in [-0.05, 0) is 17.7 Å². The minimum Gasteiger partial charge on any atom is -0.323 e. The second kappa shape index (κ2) is 3.85. The van der Waals surface area contributed by atoms with E-state index in [4.69, 9.17) is 5.73 Å². The predicted molar refractivity (Wildman–Crippen MR) is 50.9 cm³/mol. The summed E-state index contributed by atoms with van der Waals surface area (Å²) in [6, 6.07) is 2.98. The molecule has 0 spiro atoms. The molecule has 4 nitrogen and oxygen atoms in total. The summed E-state index contributed by atoms with van der Waals surface area (Å²) < 4.78 is 21.8. The molecule has 0 aromatic carbocycles. The van der Waals surface area contributed by atoms with Gasteiger partial charge in [0, 0.05) is 24.7 Å². The molecule has 0 saturated heterocycles. The summed E-state index contributed by atoms with van der Waals surface area (Å²) in [4.78, 5) is 3.82. The third kappa shape index (κ3) is 3.52. The van der Waals surface area contributed by atoms with Crippen LogP contribution in [0.5, 0.6) is 0 Å². The number of nitrogens with two attached hydrogens (primary N) is 1. The molecule has 13 heavy (non-hydrogen) atoms. The van der Waals surface area contributed by atoms with Gasteiger partial charge in [0.2, 0.25) is 0 Å². The van der Waals surface area contributed by atoms with Gasteiger partial charge in [-0.25, -0.2) is 8.42 Å². The van der Waals surface area contributed by atoms with Crippen molar-refractivity contribution in [1.29, 1.82) is 0 Å². The predicted octanol–water partition coefficient (Wildman–Crippen LogP) is 0.126. The van der Waals surface area contributed by atoms with Gasteiger partial charge >= 0.3 is 0 Å². The van der Waals surface area contributed by atoms with Crippen LogP contribution in [0.2, 0.25) is 0 Å². The van der Waals surface area contributed by atoms with Gasteiger partial charge in [0.25, 0.3) is 0 Å². The summed E-state index contributed by atoms with van der Waals surface area (Å²) in [7, 11) is -3.02. The number of rotatable bonds is 3. The fourth-order valence-corrected chi connectivity index (χ4v) is 1.88. The third-order valence-electron chi connectivity index (χ3n) is 1.62. The number of hydrogen-bond acceptors (Lipinski definition) is 4. The minimum atomic E-state index is -3.02. The highest BCUT2D eigenvalue weighted by Gasteiger charge is 2.12. The Hall–Kier alpha value is -0.940. The highest BCUT2D eigenvalue weighted by molar-refractivity contribution is 7.90. The summed E-state index contributed by atoms with van der Waals surface area (Å²) in [5.74, 6) is -0.0307. The fraction of sp³-hybridized carbons (Fsp3) is 0.375. The van der Waals surface area contributed by atoms with Gasteiger partial charge in [0.1, 0.15) is 9.84 Å². The molecule has 0 aliphatic heterocycles. The smallest absolute Gasteiger partial charge is 0.149 e. The minimum absolute atomic E-state index is 0.0307. The maximum atomic E-state index is 10.9. The fourth-order valence-electron chi connectivity index (χ4n) is 1.03. The van der Waals surface area contributed by atoms with Gasteiger partial charge in [0.05, 0.1) is 5.75 Å². The van der Waals surface area contributed by atoms with Gasteiger partial charge in [-0.3, -0.25) is 4.98 Å². The van der Waals surface area contributed by atoms with Crippen LogP contribution in [-0.2, 0) is 9.84 Å². The molecule has 0 unspecified atom stereocenters. The standard InChI is InChI=1S/C8H12N2O2S/c1-13(11,12)6-8(9)7-2-4-10-5-3-7/h2-5,8H,6,9H2,1H3/t8-/m1/s1. The Labute approximate surface area is 77.7 Å². The highest BCUT2D eigenvalue weighted by Crippen LogP contribution is 2.09. The van der Waals surface area contributed by atoms with Crippen molar-refractivity contribution in [3.8, 4) is 0 Å². The first-order valence-corrected chi connectivity index (χ1v) is 5.88. The first kappa shape index (κ1) is 10.1. The van der Waals surface area contributed by atoms with Crippen LogP contribution in [0.4, 0.5) is 0 Å². The first-order valence-electron chi connectivity index (χ1n) is 3.82. The van der Waals surface area contributed by atoms with Gasteiger partial charge < -0.3 is 5.73 Å². The number of aromatic nitrogens is 1. The van der Waals surface area contributed by atoms with Gasteiger partial charge in [0.15, 0.2) is 0 Å². The van der Waals surface area contributed by atoms with Crippen LogP contribution in [0, 0.1) is 0 Å². The monoisotopic (exact) mass is 200 g/mol. The highest BCUT2D eigenvalue weighted by atomic mass is 32.2. The van der Waals surface area contributed by atoms with E-state index in [1.165, 1.54) is 6.26 Å². The Morgan fingerprint density at radius 1 is 1.46 bits per heavy atom. The summed E-state index contributed by atoms with van der Waals surface area (Å²) in [6.45, 7) is 0. The average molecular weight is 200 g/mol. The van der Waals surface area contributed by atoms with E-state index < -0.39 is 15.9 Å². The Morgan fingerprint density at radius 3 is 2.46 bits per heavy atom. The lowest BCUT2D eigenvalue weighted by atomic mass is 10.1. The summed E-state index contributed by atoms with van der Waals surface area (Å²) in [5.41, 5.74) is 6.47. The van der Waals surface area contributed by atoms with Crippen LogP contribution in [0.3, 0.4) is 0 Å². The molecule has 2 N–H and O–H groups in total. The van der Waals surface area contributed by atoms with E-state index >= 15 is 0 Å². The SMILES string of the molecule is CS(=O)(=O)C[C@@H](N)c1ccncc1. The zero-order valence-corrected chi connectivity index (χ0v) is 8.16. The van der Waals surface area contributed by atoms with Crippen molar-refractivity contribution < 1.29 is 8.42 Å². The molecule has 0 aliphatic carbocycles. The molecule has 0 bridgehead atoms. The van der Waals surface area contributed by atoms with Crippen LogP contribution in [-0.4, -0.2) is 25.4 Å². The molecule has 72 valence electrons. The zero-order chi connectivity index (χ0) is 9.90. The molecule has 1 aromatic heterocycles. The molecule has 1 rings (SSSR count). The summed E-state index contributed by atoms with van der Waals surface area (Å²) in [6.07, 6.45) is 4.36. The lowest BCUT2D eigenvalue weighted by Crippen LogP contribution is -2.20. The first-order chi connectivity index (χ1) is 5.99. The number of hydrogen-bond donors (Lipinski definition) is 1. The third-order valence-corrected chi connectivity index (χ3v) is 2.58. The molecular weight excluding hydrogens is 188 g/mol. The molecule has 5 heteroatoms. The maximum Gasteiger partial charge on any atom is 0.149 e. The second-order valence-corrected chi connectivity index (χ2v) is 5.16. The van der Waals surface area contributed by atoms with E-state index in [-0.39, 0.29) is 5.75 Å². The van der Waals surface area contributed by atoms with E-state index in [0.29, 0.717) is 0 Å². The van der Waals surface area contributed by atoms with Crippen molar-refractivity contribution in [2.45, 2.75) is 6.04 Å². The van der Waals surface area contributed by atoms with Crippen molar-refractivity contribution >= 4 is 9.84 Å². The molecule has 1 heterocycles. The second-order valence-electron chi connectivity index (χ2n) is 2.98. The Kier molecular flexibility index (Phi) is 3.00. The van der Waals surface area contributed by atoms with Crippen molar-refractivity contribution in [1.82, 2.24) is 4.98 Å². The van der Waals surface area contributed by atoms with Crippen molar-refractivity contribution in [2.75, 3.05) is 12.0 Å². The normalized spacial score (nSPS) is 14.0. The molecule has 1 atom stereocenters. The number of nitrogens with zero attached hydrogens (tertiary/aromatic N) is 1. The molecule has 0 aliphatic rings. The average Bonchev–Trinajstić information content (AvgIpc) is 2.03.